The van der Waals surface area contributed by atoms with Crippen molar-refractivity contribution in [1.29, 1.82) is 0 Å². The molecule has 0 aliphatic carbocycles. The average Bonchev–Trinajstić information content (AvgIpc) is 3.99. The maximum atomic E-state index is 9.75. The molecule has 0 fully saturated rings. The van der Waals surface area contributed by atoms with Crippen LogP contribution in [-0.4, -0.2) is 9.13 Å². The van der Waals surface area contributed by atoms with E-state index in [2.05, 4.69) is 16.7 Å². The van der Waals surface area contributed by atoms with Gasteiger partial charge in [0.1, 0.15) is 11.2 Å². The van der Waals surface area contributed by atoms with Crippen molar-refractivity contribution >= 4 is 65.6 Å². The summed E-state index contributed by atoms with van der Waals surface area (Å²) in [6.07, 6.45) is 0. The number of nitrogens with zero attached hydrogens (tertiary/aromatic N) is 2. The van der Waals surface area contributed by atoms with Crippen molar-refractivity contribution in [3.8, 4) is 33.6 Å². The molecule has 0 unspecified atom stereocenters. The molecule has 0 amide bonds. The summed E-state index contributed by atoms with van der Waals surface area (Å²) in [5, 5.41) is 3.27. The lowest BCUT2D eigenvalue weighted by Crippen LogP contribution is -1.99. The van der Waals surface area contributed by atoms with Crippen LogP contribution in [0.2, 0.25) is 0 Å². The summed E-state index contributed by atoms with van der Waals surface area (Å²) in [6.45, 7) is 0. The minimum atomic E-state index is -0.795. The Morgan fingerprint density at radius 3 is 1.80 bits per heavy atom. The van der Waals surface area contributed by atoms with Gasteiger partial charge in [-0.15, -0.1) is 0 Å². The molecule has 0 atom stereocenters. The molecule has 51 heavy (non-hydrogen) atoms. The standard InChI is InChI=1S/C48H30N2O/c1-2-13-31(14-3-1)32-15-12-16-33(29-32)35-26-28-46-47(39-20-7-11-24-45(39)51-46)48(35)50-43-23-10-6-19-38(43)40-30-34(25-27-44(40)50)49-41-21-8-4-17-36(41)37-18-5-9-22-42(37)49/h1-30H/i1D,2D,3D,7D,11D,12D,13D,14D,15D,16D,20D,24D,26D,28D,29D. The highest BCUT2D eigenvalue weighted by Crippen LogP contribution is 2.44. The van der Waals surface area contributed by atoms with Crippen LogP contribution in [0.25, 0.3) is 99.2 Å². The van der Waals surface area contributed by atoms with Crippen LogP contribution in [0.5, 0.6) is 0 Å². The van der Waals surface area contributed by atoms with E-state index in [9.17, 15) is 6.85 Å². The van der Waals surface area contributed by atoms with Crippen molar-refractivity contribution in [2.45, 2.75) is 0 Å². The molecule has 3 heterocycles. The van der Waals surface area contributed by atoms with Crippen molar-refractivity contribution < 1.29 is 25.0 Å². The first-order valence-corrected chi connectivity index (χ1v) is 16.2. The molecule has 3 aromatic heterocycles. The van der Waals surface area contributed by atoms with Crippen molar-refractivity contribution in [2.75, 3.05) is 0 Å². The van der Waals surface area contributed by atoms with E-state index >= 15 is 0 Å². The number of benzene rings is 8. The maximum absolute atomic E-state index is 9.75. The van der Waals surface area contributed by atoms with E-state index in [4.69, 9.17) is 18.1 Å². The van der Waals surface area contributed by atoms with Crippen LogP contribution in [0.3, 0.4) is 0 Å². The van der Waals surface area contributed by atoms with Crippen molar-refractivity contribution in [2.24, 2.45) is 0 Å². The Balaban J connectivity index is 1.35. The molecule has 0 N–H and O–H groups in total. The number of para-hydroxylation sites is 4. The van der Waals surface area contributed by atoms with Gasteiger partial charge in [-0.25, -0.2) is 0 Å². The second kappa shape index (κ2) is 10.8. The topological polar surface area (TPSA) is 23.0 Å². The van der Waals surface area contributed by atoms with E-state index in [1.807, 2.05) is 66.7 Å². The summed E-state index contributed by atoms with van der Waals surface area (Å²) >= 11 is 0. The van der Waals surface area contributed by atoms with Crippen molar-refractivity contribution in [3.05, 3.63) is 182 Å². The minimum Gasteiger partial charge on any atom is -0.456 e. The first kappa shape index (κ1) is 17.2. The Labute approximate surface area is 314 Å². The molecule has 3 heteroatoms. The third-order valence-corrected chi connectivity index (χ3v) is 9.45. The predicted octanol–water partition coefficient (Wildman–Crippen LogP) is 13.1. The fourth-order valence-corrected chi connectivity index (χ4v) is 7.35. The molecule has 238 valence electrons. The van der Waals surface area contributed by atoms with Gasteiger partial charge < -0.3 is 13.6 Å². The Bertz CT molecular complexity index is 3940. The monoisotopic (exact) mass is 665 g/mol. The highest BCUT2D eigenvalue weighted by Gasteiger charge is 2.23. The highest BCUT2D eigenvalue weighted by atomic mass is 16.3. The Kier molecular flexibility index (Phi) is 3.65. The molecule has 3 nitrogen and oxygen atoms in total. The van der Waals surface area contributed by atoms with Gasteiger partial charge in [0.25, 0.3) is 0 Å². The lowest BCUT2D eigenvalue weighted by molar-refractivity contribution is 0.669. The van der Waals surface area contributed by atoms with Gasteiger partial charge in [-0.1, -0.05) is 121 Å². The fourth-order valence-electron chi connectivity index (χ4n) is 7.35. The zero-order valence-corrected chi connectivity index (χ0v) is 26.5. The Morgan fingerprint density at radius 2 is 1.04 bits per heavy atom. The molecular weight excluding hydrogens is 621 g/mol. The third kappa shape index (κ3) is 4.12. The zero-order valence-electron chi connectivity index (χ0n) is 41.5. The number of fused-ring (bicyclic) bond motifs is 9. The van der Waals surface area contributed by atoms with Gasteiger partial charge in [0, 0.05) is 38.2 Å². The van der Waals surface area contributed by atoms with Gasteiger partial charge in [-0.05, 0) is 77.3 Å². The molecule has 8 aromatic carbocycles. The number of hydrogen-bond acceptors (Lipinski definition) is 1. The van der Waals surface area contributed by atoms with Gasteiger partial charge in [0.15, 0.2) is 0 Å². The molecule has 0 aliphatic rings. The van der Waals surface area contributed by atoms with Gasteiger partial charge in [-0.2, -0.15) is 0 Å². The van der Waals surface area contributed by atoms with Crippen LogP contribution >= 0.6 is 0 Å². The third-order valence-electron chi connectivity index (χ3n) is 9.45. The smallest absolute Gasteiger partial charge is 0.137 e. The van der Waals surface area contributed by atoms with Crippen LogP contribution in [0.1, 0.15) is 20.6 Å². The van der Waals surface area contributed by atoms with Gasteiger partial charge in [0.2, 0.25) is 0 Å². The summed E-state index contributed by atoms with van der Waals surface area (Å²) < 4.78 is 144. The average molecular weight is 666 g/mol. The van der Waals surface area contributed by atoms with E-state index in [0.717, 1.165) is 27.5 Å². The predicted molar refractivity (Wildman–Crippen MR) is 213 cm³/mol. The second-order valence-corrected chi connectivity index (χ2v) is 12.2. The number of aromatic nitrogens is 2. The molecule has 0 aliphatic heterocycles. The first-order valence-electron chi connectivity index (χ1n) is 23.7. The van der Waals surface area contributed by atoms with E-state index in [1.54, 1.807) is 16.7 Å². The van der Waals surface area contributed by atoms with Crippen LogP contribution in [0, 0.1) is 0 Å². The summed E-state index contributed by atoms with van der Waals surface area (Å²) in [4.78, 5) is 0. The van der Waals surface area contributed by atoms with E-state index in [0.29, 0.717) is 21.8 Å². The quantitative estimate of drug-likeness (QED) is 0.183. The second-order valence-electron chi connectivity index (χ2n) is 12.2. The maximum Gasteiger partial charge on any atom is 0.137 e. The molecule has 0 radical (unpaired) electrons. The summed E-state index contributed by atoms with van der Waals surface area (Å²) in [6, 6.07) is 18.8. The molecule has 0 saturated carbocycles. The van der Waals surface area contributed by atoms with Crippen LogP contribution in [0.15, 0.2) is 186 Å². The number of hydrogen-bond donors (Lipinski definition) is 0. The van der Waals surface area contributed by atoms with Gasteiger partial charge >= 0.3 is 0 Å². The molecular formula is C48H30N2O. The lowest BCUT2D eigenvalue weighted by Gasteiger charge is -2.17. The number of rotatable bonds is 4. The molecule has 11 rings (SSSR count). The Hall–Kier alpha value is -6.84. The SMILES string of the molecule is [2H]c1c([2H])c([2H])c(-c2c([2H])c([2H])c([2H])c(-c3c([2H])c([2H])c4oc5c([2H])c([2H])c([2H])c([2H])c5c4c3-n3c4ccccc4c4cc(-n5c6ccccc6c6ccccc65)ccc43)c2[2H])c([2H])c1[2H]. The van der Waals surface area contributed by atoms with Crippen LogP contribution in [-0.2, 0) is 0 Å². The van der Waals surface area contributed by atoms with Crippen LogP contribution < -0.4 is 0 Å². The molecule has 11 aromatic rings. The van der Waals surface area contributed by atoms with Crippen LogP contribution in [0.4, 0.5) is 0 Å². The lowest BCUT2D eigenvalue weighted by atomic mass is 9.96. The van der Waals surface area contributed by atoms with E-state index in [-0.39, 0.29) is 33.2 Å². The summed E-state index contributed by atoms with van der Waals surface area (Å²) in [5.41, 5.74) is 1.13. The van der Waals surface area contributed by atoms with E-state index in [1.165, 1.54) is 0 Å². The molecule has 0 saturated heterocycles. The van der Waals surface area contributed by atoms with Crippen molar-refractivity contribution in [1.82, 2.24) is 9.13 Å². The Morgan fingerprint density at radius 1 is 0.431 bits per heavy atom. The zero-order chi connectivity index (χ0) is 46.5. The largest absolute Gasteiger partial charge is 0.456 e. The fraction of sp³-hybridized carbons (Fsp3) is 0. The number of furan rings is 1. The van der Waals surface area contributed by atoms with Gasteiger partial charge in [0.05, 0.1) is 53.7 Å². The molecule has 0 spiro atoms. The minimum absolute atomic E-state index is 0.0447. The van der Waals surface area contributed by atoms with E-state index < -0.39 is 107 Å². The summed E-state index contributed by atoms with van der Waals surface area (Å²) in [7, 11) is 0. The molecule has 0 bridgehead atoms. The van der Waals surface area contributed by atoms with Gasteiger partial charge in [-0.3, -0.25) is 0 Å². The van der Waals surface area contributed by atoms with Crippen molar-refractivity contribution in [3.63, 3.8) is 0 Å². The highest BCUT2D eigenvalue weighted by molar-refractivity contribution is 6.17. The summed E-state index contributed by atoms with van der Waals surface area (Å²) in [5.74, 6) is 0. The first-order chi connectivity index (χ1) is 31.6. The normalized spacial score (nSPS) is 16.0.